The highest BCUT2D eigenvalue weighted by atomic mass is 32.1. The van der Waals surface area contributed by atoms with Crippen LogP contribution in [0.2, 0.25) is 0 Å². The van der Waals surface area contributed by atoms with E-state index in [2.05, 4.69) is 0 Å². The second-order valence-corrected chi connectivity index (χ2v) is 9.20. The van der Waals surface area contributed by atoms with E-state index in [4.69, 9.17) is 9.47 Å². The van der Waals surface area contributed by atoms with Crippen LogP contribution in [0.5, 0.6) is 5.75 Å². The van der Waals surface area contributed by atoms with Gasteiger partial charge in [0.25, 0.3) is 17.4 Å². The minimum absolute atomic E-state index is 0.172. The molecule has 1 atom stereocenters. The average Bonchev–Trinajstić information content (AvgIpc) is 3.27. The van der Waals surface area contributed by atoms with Gasteiger partial charge in [-0.3, -0.25) is 14.4 Å². The molecule has 0 saturated heterocycles. The highest BCUT2D eigenvalue weighted by Crippen LogP contribution is 2.26. The van der Waals surface area contributed by atoms with E-state index in [1.807, 2.05) is 47.2 Å². The Morgan fingerprint density at radius 1 is 1.11 bits per heavy atom. The number of hydrogen-bond acceptors (Lipinski definition) is 6. The Balaban J connectivity index is 1.63. The molecule has 0 fully saturated rings. The predicted octanol–water partition coefficient (Wildman–Crippen LogP) is 2.96. The molecule has 2 aromatic heterocycles. The monoisotopic (exact) mass is 495 g/mol. The van der Waals surface area contributed by atoms with Gasteiger partial charge in [-0.1, -0.05) is 30.3 Å². The van der Waals surface area contributed by atoms with Gasteiger partial charge in [0.15, 0.2) is 6.10 Å². The first-order valence-electron chi connectivity index (χ1n) is 11.4. The maximum atomic E-state index is 13.5. The highest BCUT2D eigenvalue weighted by molar-refractivity contribution is 7.07. The quantitative estimate of drug-likeness (QED) is 0.504. The number of rotatable bonds is 7. The molecule has 1 aliphatic heterocycles. The standard InChI is InChI=1S/C26H29N3O5S/c1-27(16-18-10-14-35-17-18)25(31)23-20-9-11-28(12-13-29(20)22(30)15-21(23)33-2)26(32)24(34-3)19-7-5-4-6-8-19/h4-8,10,14-15,17,24H,9,11-13,16H2,1-3H3/t24-/m1/s1. The Morgan fingerprint density at radius 3 is 2.54 bits per heavy atom. The maximum absolute atomic E-state index is 13.5. The number of methoxy groups -OCH3 is 2. The number of ether oxygens (including phenoxy) is 2. The Morgan fingerprint density at radius 2 is 1.89 bits per heavy atom. The number of benzene rings is 1. The Hall–Kier alpha value is -3.43. The van der Waals surface area contributed by atoms with Gasteiger partial charge in [0.05, 0.1) is 7.11 Å². The first-order chi connectivity index (χ1) is 16.9. The van der Waals surface area contributed by atoms with Crippen LogP contribution in [0.15, 0.2) is 58.0 Å². The SMILES string of the molecule is COc1cc(=O)n2c(c1C(=O)N(C)Cc1ccsc1)CCN(C(=O)[C@H](OC)c1ccccc1)CC2. The summed E-state index contributed by atoms with van der Waals surface area (Å²) in [6.07, 6.45) is -0.391. The third-order valence-electron chi connectivity index (χ3n) is 6.25. The van der Waals surface area contributed by atoms with Crippen molar-refractivity contribution in [2.75, 3.05) is 34.4 Å². The predicted molar refractivity (Wildman–Crippen MR) is 134 cm³/mol. The normalized spacial score (nSPS) is 14.1. The van der Waals surface area contributed by atoms with Gasteiger partial charge < -0.3 is 23.8 Å². The number of carbonyl (C=O) groups is 2. The highest BCUT2D eigenvalue weighted by Gasteiger charge is 2.31. The molecular weight excluding hydrogens is 466 g/mol. The zero-order valence-electron chi connectivity index (χ0n) is 20.1. The van der Waals surface area contributed by atoms with E-state index in [0.717, 1.165) is 11.1 Å². The molecule has 0 bridgehead atoms. The number of pyridine rings is 1. The molecule has 0 unspecified atom stereocenters. The fraction of sp³-hybridized carbons (Fsp3) is 0.346. The molecule has 3 heterocycles. The first-order valence-corrected chi connectivity index (χ1v) is 12.3. The van der Waals surface area contributed by atoms with Gasteiger partial charge in [-0.05, 0) is 28.0 Å². The fourth-order valence-corrected chi connectivity index (χ4v) is 5.11. The topological polar surface area (TPSA) is 81.1 Å². The summed E-state index contributed by atoms with van der Waals surface area (Å²) in [6.45, 7) is 1.42. The molecular formula is C26H29N3O5S. The second kappa shape index (κ2) is 10.9. The largest absolute Gasteiger partial charge is 0.496 e. The molecule has 1 aromatic carbocycles. The number of aromatic nitrogens is 1. The Labute approximate surface area is 208 Å². The van der Waals surface area contributed by atoms with E-state index in [-0.39, 0.29) is 29.7 Å². The van der Waals surface area contributed by atoms with Crippen LogP contribution in [-0.2, 0) is 29.0 Å². The molecule has 184 valence electrons. The molecule has 0 saturated carbocycles. The molecule has 2 amide bonds. The van der Waals surface area contributed by atoms with Crippen LogP contribution in [0.25, 0.3) is 0 Å². The zero-order valence-corrected chi connectivity index (χ0v) is 20.9. The first kappa shape index (κ1) is 24.7. The lowest BCUT2D eigenvalue weighted by Gasteiger charge is -2.25. The van der Waals surface area contributed by atoms with Crippen LogP contribution in [0.4, 0.5) is 0 Å². The summed E-state index contributed by atoms with van der Waals surface area (Å²) in [7, 11) is 4.70. The number of nitrogens with zero attached hydrogens (tertiary/aromatic N) is 3. The lowest BCUT2D eigenvalue weighted by Crippen LogP contribution is -2.38. The summed E-state index contributed by atoms with van der Waals surface area (Å²) in [5.74, 6) is -0.146. The van der Waals surface area contributed by atoms with Gasteiger partial charge in [-0.15, -0.1) is 0 Å². The number of thiophene rings is 1. The van der Waals surface area contributed by atoms with Crippen LogP contribution in [-0.4, -0.2) is 60.5 Å². The summed E-state index contributed by atoms with van der Waals surface area (Å²) in [5.41, 5.74) is 2.50. The van der Waals surface area contributed by atoms with Crippen molar-refractivity contribution in [2.45, 2.75) is 25.6 Å². The van der Waals surface area contributed by atoms with E-state index >= 15 is 0 Å². The summed E-state index contributed by atoms with van der Waals surface area (Å²) in [6, 6.07) is 12.7. The van der Waals surface area contributed by atoms with E-state index < -0.39 is 6.10 Å². The number of amides is 2. The van der Waals surface area contributed by atoms with Crippen LogP contribution in [0.1, 0.15) is 33.3 Å². The van der Waals surface area contributed by atoms with Gasteiger partial charge in [0, 0.05) is 58.5 Å². The number of carbonyl (C=O) groups excluding carboxylic acids is 2. The molecule has 0 radical (unpaired) electrons. The summed E-state index contributed by atoms with van der Waals surface area (Å²) < 4.78 is 12.6. The van der Waals surface area contributed by atoms with Crippen LogP contribution in [0, 0.1) is 0 Å². The molecule has 0 aliphatic carbocycles. The van der Waals surface area contributed by atoms with Gasteiger partial charge in [-0.25, -0.2) is 0 Å². The maximum Gasteiger partial charge on any atom is 0.259 e. The van der Waals surface area contributed by atoms with Crippen LogP contribution >= 0.6 is 11.3 Å². The summed E-state index contributed by atoms with van der Waals surface area (Å²) >= 11 is 1.57. The average molecular weight is 496 g/mol. The van der Waals surface area contributed by atoms with Crippen molar-refractivity contribution in [3.63, 3.8) is 0 Å². The van der Waals surface area contributed by atoms with Crippen LogP contribution in [0.3, 0.4) is 0 Å². The molecule has 0 N–H and O–H groups in total. The van der Waals surface area contributed by atoms with Gasteiger partial charge >= 0.3 is 0 Å². The molecule has 3 aromatic rings. The van der Waals surface area contributed by atoms with Crippen molar-refractivity contribution in [2.24, 2.45) is 0 Å². The second-order valence-electron chi connectivity index (χ2n) is 8.42. The zero-order chi connectivity index (χ0) is 24.9. The number of hydrogen-bond donors (Lipinski definition) is 0. The van der Waals surface area contributed by atoms with E-state index in [9.17, 15) is 14.4 Å². The van der Waals surface area contributed by atoms with E-state index in [1.165, 1.54) is 20.3 Å². The molecule has 0 spiro atoms. The number of fused-ring (bicyclic) bond motifs is 1. The minimum atomic E-state index is -0.735. The minimum Gasteiger partial charge on any atom is -0.496 e. The van der Waals surface area contributed by atoms with Gasteiger partial charge in [0.1, 0.15) is 11.3 Å². The van der Waals surface area contributed by atoms with Crippen molar-refractivity contribution in [3.05, 3.63) is 86.0 Å². The molecule has 9 heteroatoms. The summed E-state index contributed by atoms with van der Waals surface area (Å²) in [5, 5.41) is 3.97. The smallest absolute Gasteiger partial charge is 0.259 e. The molecule has 4 rings (SSSR count). The molecule has 8 nitrogen and oxygen atoms in total. The van der Waals surface area contributed by atoms with E-state index in [0.29, 0.717) is 37.3 Å². The lowest BCUT2D eigenvalue weighted by atomic mass is 10.1. The molecule has 35 heavy (non-hydrogen) atoms. The van der Waals surface area contributed by atoms with Crippen molar-refractivity contribution >= 4 is 23.2 Å². The van der Waals surface area contributed by atoms with E-state index in [1.54, 1.807) is 32.8 Å². The van der Waals surface area contributed by atoms with Gasteiger partial charge in [-0.2, -0.15) is 11.3 Å². The lowest BCUT2D eigenvalue weighted by molar-refractivity contribution is -0.142. The Kier molecular flexibility index (Phi) is 7.67. The third-order valence-corrected chi connectivity index (χ3v) is 6.98. The van der Waals surface area contributed by atoms with Crippen molar-refractivity contribution in [1.29, 1.82) is 0 Å². The fourth-order valence-electron chi connectivity index (χ4n) is 4.45. The van der Waals surface area contributed by atoms with Crippen molar-refractivity contribution in [3.8, 4) is 5.75 Å². The van der Waals surface area contributed by atoms with Crippen molar-refractivity contribution < 1.29 is 19.1 Å². The van der Waals surface area contributed by atoms with Gasteiger partial charge in [0.2, 0.25) is 0 Å². The molecule has 1 aliphatic rings. The third kappa shape index (κ3) is 5.16. The summed E-state index contributed by atoms with van der Waals surface area (Å²) in [4.78, 5) is 43.1. The van der Waals surface area contributed by atoms with Crippen molar-refractivity contribution in [1.82, 2.24) is 14.4 Å². The van der Waals surface area contributed by atoms with Crippen LogP contribution < -0.4 is 10.3 Å². The Bertz CT molecular complexity index is 1240.